The molecule has 5 nitrogen and oxygen atoms in total. The highest BCUT2D eigenvalue weighted by Crippen LogP contribution is 2.41. The second kappa shape index (κ2) is 7.14. The number of aromatic nitrogens is 1. The van der Waals surface area contributed by atoms with Gasteiger partial charge in [0, 0.05) is 32.0 Å². The highest BCUT2D eigenvalue weighted by atomic mass is 32.1. The average Bonchev–Trinajstić information content (AvgIpc) is 3.30. The van der Waals surface area contributed by atoms with Crippen LogP contribution in [0.4, 0.5) is 0 Å². The van der Waals surface area contributed by atoms with Crippen LogP contribution in [0.2, 0.25) is 0 Å². The number of hydrogen-bond acceptors (Lipinski definition) is 5. The molecule has 0 saturated carbocycles. The first-order valence-corrected chi connectivity index (χ1v) is 9.64. The Morgan fingerprint density at radius 2 is 2.40 bits per heavy atom. The van der Waals surface area contributed by atoms with Gasteiger partial charge in [-0.25, -0.2) is 4.98 Å². The molecule has 6 heteroatoms. The zero-order valence-corrected chi connectivity index (χ0v) is 14.9. The number of fused-ring (bicyclic) bond motifs is 1. The molecule has 2 aromatic rings. The van der Waals surface area contributed by atoms with Gasteiger partial charge < -0.3 is 14.4 Å². The van der Waals surface area contributed by atoms with Gasteiger partial charge in [-0.2, -0.15) is 11.3 Å². The molecular weight excluding hydrogens is 336 g/mol. The zero-order valence-electron chi connectivity index (χ0n) is 14.1. The lowest BCUT2D eigenvalue weighted by Crippen LogP contribution is -2.54. The summed E-state index contributed by atoms with van der Waals surface area (Å²) in [5.74, 6) is 0.824. The summed E-state index contributed by atoms with van der Waals surface area (Å²) in [6.45, 7) is 2.74. The molecule has 132 valence electrons. The van der Waals surface area contributed by atoms with Gasteiger partial charge in [0.2, 0.25) is 11.8 Å². The summed E-state index contributed by atoms with van der Waals surface area (Å²) in [5, 5.41) is 4.06. The van der Waals surface area contributed by atoms with Crippen molar-refractivity contribution in [2.45, 2.75) is 25.4 Å². The van der Waals surface area contributed by atoms with Crippen molar-refractivity contribution in [1.29, 1.82) is 0 Å². The number of rotatable bonds is 5. The van der Waals surface area contributed by atoms with Gasteiger partial charge in [-0.1, -0.05) is 6.07 Å². The lowest BCUT2D eigenvalue weighted by atomic mass is 9.77. The molecule has 2 fully saturated rings. The van der Waals surface area contributed by atoms with Crippen LogP contribution in [0.1, 0.15) is 18.4 Å². The van der Waals surface area contributed by atoms with Gasteiger partial charge in [0.1, 0.15) is 0 Å². The molecule has 4 rings (SSSR count). The van der Waals surface area contributed by atoms with E-state index in [9.17, 15) is 4.79 Å². The molecule has 2 saturated heterocycles. The van der Waals surface area contributed by atoms with E-state index in [1.807, 2.05) is 39.9 Å². The minimum absolute atomic E-state index is 0.125. The highest BCUT2D eigenvalue weighted by Gasteiger charge is 2.49. The molecule has 2 aliphatic heterocycles. The molecule has 2 aromatic heterocycles. The molecule has 0 radical (unpaired) electrons. The molecule has 2 atom stereocenters. The Morgan fingerprint density at radius 1 is 1.44 bits per heavy atom. The highest BCUT2D eigenvalue weighted by molar-refractivity contribution is 7.08. The molecule has 0 aliphatic carbocycles. The Labute approximate surface area is 151 Å². The monoisotopic (exact) mass is 358 g/mol. The second-order valence-electron chi connectivity index (χ2n) is 6.84. The van der Waals surface area contributed by atoms with E-state index < -0.39 is 0 Å². The molecule has 0 spiro atoms. The van der Waals surface area contributed by atoms with Crippen molar-refractivity contribution in [3.05, 3.63) is 46.8 Å². The van der Waals surface area contributed by atoms with Crippen molar-refractivity contribution in [3.8, 4) is 5.88 Å². The van der Waals surface area contributed by atoms with Gasteiger partial charge in [0.15, 0.2) is 0 Å². The fourth-order valence-electron chi connectivity index (χ4n) is 3.80. The first-order chi connectivity index (χ1) is 12.3. The summed E-state index contributed by atoms with van der Waals surface area (Å²) in [6.07, 6.45) is 4.17. The van der Waals surface area contributed by atoms with Crippen LogP contribution >= 0.6 is 11.3 Å². The predicted molar refractivity (Wildman–Crippen MR) is 95.7 cm³/mol. The van der Waals surface area contributed by atoms with Crippen molar-refractivity contribution in [3.63, 3.8) is 0 Å². The fourth-order valence-corrected chi connectivity index (χ4v) is 4.47. The van der Waals surface area contributed by atoms with Crippen LogP contribution in [-0.2, 0) is 16.0 Å². The molecular formula is C19H22N2O3S. The van der Waals surface area contributed by atoms with Crippen LogP contribution in [-0.4, -0.2) is 48.2 Å². The number of thiophene rings is 1. The summed E-state index contributed by atoms with van der Waals surface area (Å²) in [5.41, 5.74) is 0.971. The number of carbonyl (C=O) groups is 1. The normalized spacial score (nSPS) is 25.6. The molecule has 0 unspecified atom stereocenters. The average molecular weight is 358 g/mol. The quantitative estimate of drug-likeness (QED) is 0.825. The lowest BCUT2D eigenvalue weighted by molar-refractivity contribution is -0.137. The van der Waals surface area contributed by atoms with Gasteiger partial charge in [0.25, 0.3) is 0 Å². The van der Waals surface area contributed by atoms with E-state index in [0.29, 0.717) is 25.5 Å². The van der Waals surface area contributed by atoms with Crippen molar-refractivity contribution in [2.24, 2.45) is 5.41 Å². The maximum Gasteiger partial charge on any atom is 0.227 e. The van der Waals surface area contributed by atoms with Crippen molar-refractivity contribution < 1.29 is 14.3 Å². The second-order valence-corrected chi connectivity index (χ2v) is 7.62. The molecule has 4 heterocycles. The van der Waals surface area contributed by atoms with Crippen molar-refractivity contribution >= 4 is 17.2 Å². The Kier molecular flexibility index (Phi) is 4.72. The number of carbonyl (C=O) groups excluding carboxylic acids is 1. The minimum atomic E-state index is -0.125. The third kappa shape index (κ3) is 3.55. The first kappa shape index (κ1) is 16.5. The largest absolute Gasteiger partial charge is 0.477 e. The topological polar surface area (TPSA) is 51.7 Å². The van der Waals surface area contributed by atoms with Crippen LogP contribution in [0.3, 0.4) is 0 Å². The summed E-state index contributed by atoms with van der Waals surface area (Å²) >= 11 is 1.63. The summed E-state index contributed by atoms with van der Waals surface area (Å²) in [7, 11) is 0. The van der Waals surface area contributed by atoms with Gasteiger partial charge in [-0.05, 0) is 41.3 Å². The Bertz CT molecular complexity index is 707. The van der Waals surface area contributed by atoms with Gasteiger partial charge >= 0.3 is 0 Å². The number of piperidine rings is 1. The lowest BCUT2D eigenvalue weighted by Gasteiger charge is -2.43. The number of nitrogens with zero attached hydrogens (tertiary/aromatic N) is 2. The molecule has 1 amide bonds. The number of ether oxygens (including phenoxy) is 2. The first-order valence-electron chi connectivity index (χ1n) is 8.69. The van der Waals surface area contributed by atoms with Gasteiger partial charge in [0.05, 0.1) is 24.5 Å². The predicted octanol–water partition coefficient (Wildman–Crippen LogP) is 2.77. The fraction of sp³-hybridized carbons (Fsp3) is 0.474. The molecule has 25 heavy (non-hydrogen) atoms. The molecule has 0 aromatic carbocycles. The Hall–Kier alpha value is -1.92. The molecule has 2 aliphatic rings. The number of hydrogen-bond donors (Lipinski definition) is 0. The van der Waals surface area contributed by atoms with Crippen LogP contribution in [0.5, 0.6) is 5.88 Å². The number of likely N-dealkylation sites (tertiary alicyclic amines) is 1. The minimum Gasteiger partial charge on any atom is -0.477 e. The molecule has 0 bridgehead atoms. The maximum absolute atomic E-state index is 12.7. The molecule has 0 N–H and O–H groups in total. The third-order valence-corrected chi connectivity index (χ3v) is 5.93. The smallest absolute Gasteiger partial charge is 0.227 e. The van der Waals surface area contributed by atoms with Crippen LogP contribution in [0.25, 0.3) is 0 Å². The SMILES string of the molecule is O=C(Cc1ccsc1)N1CC[C@H]2OCC[C@@]2(COc2ccccn2)C1. The summed E-state index contributed by atoms with van der Waals surface area (Å²) in [4.78, 5) is 18.9. The van der Waals surface area contributed by atoms with Crippen LogP contribution < -0.4 is 4.74 Å². The van der Waals surface area contributed by atoms with E-state index in [1.54, 1.807) is 17.5 Å². The number of pyridine rings is 1. The third-order valence-electron chi connectivity index (χ3n) is 5.20. The van der Waals surface area contributed by atoms with Gasteiger partial charge in [-0.15, -0.1) is 0 Å². The van der Waals surface area contributed by atoms with E-state index >= 15 is 0 Å². The van der Waals surface area contributed by atoms with E-state index in [0.717, 1.165) is 31.6 Å². The summed E-state index contributed by atoms with van der Waals surface area (Å²) in [6, 6.07) is 7.68. The van der Waals surface area contributed by atoms with E-state index in [-0.39, 0.29) is 17.4 Å². The maximum atomic E-state index is 12.7. The summed E-state index contributed by atoms with van der Waals surface area (Å²) < 4.78 is 11.9. The van der Waals surface area contributed by atoms with Crippen LogP contribution in [0, 0.1) is 5.41 Å². The van der Waals surface area contributed by atoms with Gasteiger partial charge in [-0.3, -0.25) is 4.79 Å². The van der Waals surface area contributed by atoms with E-state index in [2.05, 4.69) is 4.98 Å². The van der Waals surface area contributed by atoms with Crippen molar-refractivity contribution in [2.75, 3.05) is 26.3 Å². The van der Waals surface area contributed by atoms with Crippen LogP contribution in [0.15, 0.2) is 41.2 Å². The number of amides is 1. The standard InChI is InChI=1S/C19H22N2O3S/c22-18(11-15-5-10-25-12-15)21-8-4-16-19(13-21,6-9-23-16)14-24-17-3-1-2-7-20-17/h1-3,5,7,10,12,16H,4,6,8-9,11,13-14H2/t16-,19+/m1/s1. The Morgan fingerprint density at radius 3 is 3.20 bits per heavy atom. The Balaban J connectivity index is 1.44. The van der Waals surface area contributed by atoms with Crippen molar-refractivity contribution in [1.82, 2.24) is 9.88 Å². The zero-order chi connectivity index (χ0) is 17.1. The van der Waals surface area contributed by atoms with E-state index in [4.69, 9.17) is 9.47 Å². The van der Waals surface area contributed by atoms with E-state index in [1.165, 1.54) is 0 Å².